The number of ether oxygens (including phenoxy) is 3. The lowest BCUT2D eigenvalue weighted by molar-refractivity contribution is -0.140. The third-order valence-corrected chi connectivity index (χ3v) is 3.93. The van der Waals surface area contributed by atoms with Crippen LogP contribution in [0.1, 0.15) is 5.56 Å². The van der Waals surface area contributed by atoms with E-state index >= 15 is 0 Å². The number of nitrogens with zero attached hydrogens (tertiary/aromatic N) is 1. The Morgan fingerprint density at radius 2 is 1.91 bits per heavy atom. The first-order chi connectivity index (χ1) is 10.9. The predicted octanol–water partition coefficient (Wildman–Crippen LogP) is 2.29. The fourth-order valence-electron chi connectivity index (χ4n) is 2.36. The number of aryl methyl sites for hydroxylation is 1. The number of hydrogen-bond donors (Lipinski definition) is 0. The summed E-state index contributed by atoms with van der Waals surface area (Å²) in [7, 11) is 2.42. The van der Waals surface area contributed by atoms with E-state index in [1.807, 2.05) is 0 Å². The monoisotopic (exact) mass is 387 g/mol. The Hall–Kier alpha value is -1.93. The Morgan fingerprint density at radius 1 is 1.26 bits per heavy atom. The highest BCUT2D eigenvalue weighted by atomic mass is 79.9. The van der Waals surface area contributed by atoms with Gasteiger partial charge in [0.25, 0.3) is 0 Å². The quantitative estimate of drug-likeness (QED) is 0.741. The highest BCUT2D eigenvalue weighted by Crippen LogP contribution is 2.35. The molecule has 0 radical (unpaired) electrons. The van der Waals surface area contributed by atoms with Gasteiger partial charge in [-0.05, 0) is 40.5 Å². The van der Waals surface area contributed by atoms with Gasteiger partial charge >= 0.3 is 11.9 Å². The second-order valence-electron chi connectivity index (χ2n) is 4.77. The van der Waals surface area contributed by atoms with Crippen molar-refractivity contribution < 1.29 is 28.2 Å². The molecule has 0 spiro atoms. The van der Waals surface area contributed by atoms with Gasteiger partial charge < -0.3 is 19.1 Å². The summed E-state index contributed by atoms with van der Waals surface area (Å²) in [6.45, 7) is 1.62. The fourth-order valence-corrected chi connectivity index (χ4v) is 3.10. The summed E-state index contributed by atoms with van der Waals surface area (Å²) in [6, 6.07) is 2.59. The SMILES string of the molecule is COC(=O)C1=C(C(=O)OC)N(c2c(C)cc(F)cc2Br)COC1. The van der Waals surface area contributed by atoms with E-state index in [9.17, 15) is 14.0 Å². The number of halogens is 2. The second-order valence-corrected chi connectivity index (χ2v) is 5.62. The summed E-state index contributed by atoms with van der Waals surface area (Å²) in [5, 5.41) is 0. The van der Waals surface area contributed by atoms with E-state index in [2.05, 4.69) is 15.9 Å². The molecule has 23 heavy (non-hydrogen) atoms. The molecule has 1 heterocycles. The zero-order valence-electron chi connectivity index (χ0n) is 12.8. The zero-order valence-corrected chi connectivity index (χ0v) is 14.4. The molecule has 1 aromatic rings. The van der Waals surface area contributed by atoms with Gasteiger partial charge in [0.15, 0.2) is 0 Å². The number of esters is 2. The Balaban J connectivity index is 2.65. The second kappa shape index (κ2) is 7.10. The third-order valence-electron chi connectivity index (χ3n) is 3.32. The molecule has 0 aromatic heterocycles. The predicted molar refractivity (Wildman–Crippen MR) is 83.2 cm³/mol. The van der Waals surface area contributed by atoms with Crippen LogP contribution < -0.4 is 4.90 Å². The van der Waals surface area contributed by atoms with Crippen molar-refractivity contribution in [1.29, 1.82) is 0 Å². The molecule has 0 saturated carbocycles. The number of rotatable bonds is 3. The van der Waals surface area contributed by atoms with Crippen LogP contribution in [0.4, 0.5) is 10.1 Å². The molecule has 1 aliphatic rings. The van der Waals surface area contributed by atoms with Crippen LogP contribution in [0.15, 0.2) is 27.9 Å². The molecule has 6 nitrogen and oxygen atoms in total. The van der Waals surface area contributed by atoms with Crippen LogP contribution in [0.3, 0.4) is 0 Å². The van der Waals surface area contributed by atoms with Gasteiger partial charge in [0.1, 0.15) is 18.2 Å². The Morgan fingerprint density at radius 3 is 2.48 bits per heavy atom. The third kappa shape index (κ3) is 3.37. The topological polar surface area (TPSA) is 65.1 Å². The number of carbonyl (C=O) groups is 2. The van der Waals surface area contributed by atoms with Gasteiger partial charge in [-0.1, -0.05) is 0 Å². The maximum atomic E-state index is 13.5. The molecule has 0 bridgehead atoms. The summed E-state index contributed by atoms with van der Waals surface area (Å²) in [5.41, 5.74) is 1.13. The van der Waals surface area contributed by atoms with Gasteiger partial charge in [-0.15, -0.1) is 0 Å². The lowest BCUT2D eigenvalue weighted by Crippen LogP contribution is -2.39. The van der Waals surface area contributed by atoms with Gasteiger partial charge in [0.05, 0.1) is 32.1 Å². The standard InChI is InChI=1S/C15H15BrFNO5/c1-8-4-9(17)5-11(16)12(8)18-7-23-6-10(14(19)21-2)13(18)15(20)22-3/h4-5H,6-7H2,1-3H3. The molecule has 0 aliphatic carbocycles. The van der Waals surface area contributed by atoms with Gasteiger partial charge in [-0.2, -0.15) is 0 Å². The fraction of sp³-hybridized carbons (Fsp3) is 0.333. The maximum Gasteiger partial charge on any atom is 0.355 e. The number of anilines is 1. The molecule has 8 heteroatoms. The van der Waals surface area contributed by atoms with Crippen molar-refractivity contribution in [2.75, 3.05) is 32.5 Å². The number of hydrogen-bond acceptors (Lipinski definition) is 6. The summed E-state index contributed by atoms with van der Waals surface area (Å²) in [4.78, 5) is 25.6. The van der Waals surface area contributed by atoms with E-state index in [-0.39, 0.29) is 24.6 Å². The van der Waals surface area contributed by atoms with E-state index in [1.165, 1.54) is 31.3 Å². The average Bonchev–Trinajstić information content (AvgIpc) is 2.52. The molecule has 0 amide bonds. The van der Waals surface area contributed by atoms with Gasteiger partial charge in [0.2, 0.25) is 0 Å². The molecule has 0 fully saturated rings. The van der Waals surface area contributed by atoms with E-state index in [4.69, 9.17) is 14.2 Å². The summed E-state index contributed by atoms with van der Waals surface area (Å²) in [6.07, 6.45) is 0. The normalized spacial score (nSPS) is 14.7. The molecule has 124 valence electrons. The van der Waals surface area contributed by atoms with Crippen molar-refractivity contribution >= 4 is 33.6 Å². The largest absolute Gasteiger partial charge is 0.466 e. The van der Waals surface area contributed by atoms with Crippen LogP contribution in [-0.4, -0.2) is 39.5 Å². The molecular weight excluding hydrogens is 373 g/mol. The minimum absolute atomic E-state index is 0.00992. The van der Waals surface area contributed by atoms with Crippen LogP contribution in [0.25, 0.3) is 0 Å². The lowest BCUT2D eigenvalue weighted by Gasteiger charge is -2.33. The summed E-state index contributed by atoms with van der Waals surface area (Å²) < 4.78 is 28.8. The van der Waals surface area contributed by atoms with E-state index in [0.717, 1.165) is 0 Å². The van der Waals surface area contributed by atoms with Crippen molar-refractivity contribution in [3.63, 3.8) is 0 Å². The van der Waals surface area contributed by atoms with Crippen LogP contribution in [0.5, 0.6) is 0 Å². The lowest BCUT2D eigenvalue weighted by atomic mass is 10.1. The van der Waals surface area contributed by atoms with E-state index in [1.54, 1.807) is 6.92 Å². The molecule has 1 aliphatic heterocycles. The smallest absolute Gasteiger partial charge is 0.355 e. The van der Waals surface area contributed by atoms with Crippen LogP contribution in [0.2, 0.25) is 0 Å². The number of carbonyl (C=O) groups excluding carboxylic acids is 2. The molecular formula is C15H15BrFNO5. The maximum absolute atomic E-state index is 13.5. The molecule has 0 saturated heterocycles. The van der Waals surface area contributed by atoms with E-state index in [0.29, 0.717) is 15.7 Å². The van der Waals surface area contributed by atoms with Crippen LogP contribution in [0, 0.1) is 12.7 Å². The van der Waals surface area contributed by atoms with Crippen molar-refractivity contribution in [3.05, 3.63) is 39.3 Å². The van der Waals surface area contributed by atoms with Crippen molar-refractivity contribution in [2.45, 2.75) is 6.92 Å². The van der Waals surface area contributed by atoms with E-state index < -0.39 is 17.8 Å². The van der Waals surface area contributed by atoms with Gasteiger partial charge in [0, 0.05) is 4.47 Å². The first-order valence-corrected chi connectivity index (χ1v) is 7.40. The summed E-state index contributed by atoms with van der Waals surface area (Å²) in [5.74, 6) is -1.82. The first-order valence-electron chi connectivity index (χ1n) is 6.61. The van der Waals surface area contributed by atoms with Crippen LogP contribution in [-0.2, 0) is 23.8 Å². The van der Waals surface area contributed by atoms with Crippen molar-refractivity contribution in [1.82, 2.24) is 0 Å². The molecule has 0 atom stereocenters. The minimum atomic E-state index is -0.704. The van der Waals surface area contributed by atoms with Gasteiger partial charge in [-0.3, -0.25) is 0 Å². The van der Waals surface area contributed by atoms with Crippen molar-refractivity contribution in [3.8, 4) is 0 Å². The Bertz CT molecular complexity index is 665. The zero-order chi connectivity index (χ0) is 17.1. The van der Waals surface area contributed by atoms with Crippen LogP contribution >= 0.6 is 15.9 Å². The number of methoxy groups -OCH3 is 2. The highest BCUT2D eigenvalue weighted by molar-refractivity contribution is 9.10. The highest BCUT2D eigenvalue weighted by Gasteiger charge is 2.33. The number of benzene rings is 1. The molecule has 0 unspecified atom stereocenters. The molecule has 0 N–H and O–H groups in total. The Kier molecular flexibility index (Phi) is 5.38. The molecule has 1 aromatic carbocycles. The molecule has 2 rings (SSSR count). The van der Waals surface area contributed by atoms with Crippen molar-refractivity contribution in [2.24, 2.45) is 0 Å². The average molecular weight is 388 g/mol. The summed E-state index contributed by atoms with van der Waals surface area (Å²) >= 11 is 3.28. The van der Waals surface area contributed by atoms with Gasteiger partial charge in [-0.25, -0.2) is 14.0 Å². The Labute approximate surface area is 140 Å². The minimum Gasteiger partial charge on any atom is -0.466 e. The first kappa shape index (κ1) is 17.4.